The number of hydrogen-bond acceptors (Lipinski definition) is 3. The Morgan fingerprint density at radius 1 is 1.28 bits per heavy atom. The molecule has 18 heavy (non-hydrogen) atoms. The molecule has 0 aliphatic carbocycles. The lowest BCUT2D eigenvalue weighted by molar-refractivity contribution is -0.140. The summed E-state index contributed by atoms with van der Waals surface area (Å²) in [7, 11) is 1.23. The van der Waals surface area contributed by atoms with Crippen LogP contribution in [0.1, 0.15) is 22.3 Å². The molecule has 0 saturated heterocycles. The molecule has 0 heterocycles. The molecule has 6 heteroatoms. The summed E-state index contributed by atoms with van der Waals surface area (Å²) in [4.78, 5) is 22.4. The zero-order chi connectivity index (χ0) is 13.7. The summed E-state index contributed by atoms with van der Waals surface area (Å²) in [6, 6.07) is 1.78. The maximum absolute atomic E-state index is 13.3. The average Bonchev–Trinajstić information content (AvgIpc) is 2.33. The molecule has 0 aliphatic heterocycles. The number of nitrogens with one attached hydrogen (secondary N) is 1. The third-order valence-corrected chi connectivity index (χ3v) is 2.34. The standard InChI is InChI=1S/C12H13F2NO3/c1-7-5-8(10(14)6-9(7)13)12(17)15-4-3-11(16)18-2/h5-6H,3-4H2,1-2H3,(H,15,17). The van der Waals surface area contributed by atoms with Crippen molar-refractivity contribution in [2.75, 3.05) is 13.7 Å². The molecule has 1 aromatic rings. The van der Waals surface area contributed by atoms with E-state index >= 15 is 0 Å². The smallest absolute Gasteiger partial charge is 0.307 e. The molecule has 0 fully saturated rings. The van der Waals surface area contributed by atoms with E-state index in [9.17, 15) is 18.4 Å². The predicted octanol–water partition coefficient (Wildman–Crippen LogP) is 1.57. The molecule has 98 valence electrons. The average molecular weight is 257 g/mol. The van der Waals surface area contributed by atoms with E-state index < -0.39 is 23.5 Å². The van der Waals surface area contributed by atoms with E-state index in [-0.39, 0.29) is 24.1 Å². The van der Waals surface area contributed by atoms with Crippen LogP contribution in [0.3, 0.4) is 0 Å². The number of hydrogen-bond donors (Lipinski definition) is 1. The highest BCUT2D eigenvalue weighted by Crippen LogP contribution is 2.13. The van der Waals surface area contributed by atoms with Crippen molar-refractivity contribution in [1.82, 2.24) is 5.32 Å². The molecule has 0 radical (unpaired) electrons. The number of methoxy groups -OCH3 is 1. The van der Waals surface area contributed by atoms with E-state index in [1.807, 2.05) is 0 Å². The zero-order valence-electron chi connectivity index (χ0n) is 10.0. The summed E-state index contributed by atoms with van der Waals surface area (Å²) in [5, 5.41) is 2.35. The number of carbonyl (C=O) groups is 2. The minimum Gasteiger partial charge on any atom is -0.469 e. The topological polar surface area (TPSA) is 55.4 Å². The van der Waals surface area contributed by atoms with Gasteiger partial charge in [-0.1, -0.05) is 0 Å². The Balaban J connectivity index is 2.67. The molecular weight excluding hydrogens is 244 g/mol. The molecule has 0 aromatic heterocycles. The summed E-state index contributed by atoms with van der Waals surface area (Å²) >= 11 is 0. The number of esters is 1. The minimum atomic E-state index is -0.936. The molecule has 1 amide bonds. The molecule has 0 saturated carbocycles. The number of rotatable bonds is 4. The first kappa shape index (κ1) is 14.1. The van der Waals surface area contributed by atoms with E-state index in [2.05, 4.69) is 10.1 Å². The molecule has 0 bridgehead atoms. The van der Waals surface area contributed by atoms with Crippen molar-refractivity contribution in [2.24, 2.45) is 0 Å². The summed E-state index contributed by atoms with van der Waals surface area (Å²) in [6.45, 7) is 1.46. The summed E-state index contributed by atoms with van der Waals surface area (Å²) in [5.41, 5.74) is -0.0757. The predicted molar refractivity (Wildman–Crippen MR) is 60.1 cm³/mol. The highest BCUT2D eigenvalue weighted by molar-refractivity contribution is 5.94. The Labute approximate surface area is 103 Å². The summed E-state index contributed by atoms with van der Waals surface area (Å²) in [5.74, 6) is -2.82. The number of halogens is 2. The van der Waals surface area contributed by atoms with Crippen molar-refractivity contribution in [3.8, 4) is 0 Å². The fourth-order valence-electron chi connectivity index (χ4n) is 1.31. The van der Waals surface area contributed by atoms with Crippen molar-refractivity contribution in [3.05, 3.63) is 34.9 Å². The Morgan fingerprint density at radius 2 is 1.94 bits per heavy atom. The van der Waals surface area contributed by atoms with Gasteiger partial charge in [0, 0.05) is 12.6 Å². The van der Waals surface area contributed by atoms with Gasteiger partial charge in [0.25, 0.3) is 5.91 Å². The second-order valence-corrected chi connectivity index (χ2v) is 3.66. The Hall–Kier alpha value is -1.98. The second kappa shape index (κ2) is 6.09. The maximum Gasteiger partial charge on any atom is 0.307 e. The fourth-order valence-corrected chi connectivity index (χ4v) is 1.31. The minimum absolute atomic E-state index is 0.00989. The van der Waals surface area contributed by atoms with Crippen LogP contribution in [0.2, 0.25) is 0 Å². The normalized spacial score (nSPS) is 10.0. The van der Waals surface area contributed by atoms with Crippen molar-refractivity contribution in [1.29, 1.82) is 0 Å². The van der Waals surface area contributed by atoms with Crippen LogP contribution in [0.25, 0.3) is 0 Å². The van der Waals surface area contributed by atoms with Crippen LogP contribution in [0.15, 0.2) is 12.1 Å². The number of carbonyl (C=O) groups excluding carboxylic acids is 2. The van der Waals surface area contributed by atoms with Crippen molar-refractivity contribution in [3.63, 3.8) is 0 Å². The van der Waals surface area contributed by atoms with E-state index in [0.717, 1.165) is 6.07 Å². The molecular formula is C12H13F2NO3. The SMILES string of the molecule is COC(=O)CCNC(=O)c1cc(C)c(F)cc1F. The molecule has 0 aliphatic rings. The van der Waals surface area contributed by atoms with Gasteiger partial charge in [-0.25, -0.2) is 8.78 Å². The van der Waals surface area contributed by atoms with Crippen molar-refractivity contribution in [2.45, 2.75) is 13.3 Å². The van der Waals surface area contributed by atoms with Gasteiger partial charge >= 0.3 is 5.97 Å². The van der Waals surface area contributed by atoms with E-state index in [4.69, 9.17) is 0 Å². The lowest BCUT2D eigenvalue weighted by Crippen LogP contribution is -2.27. The van der Waals surface area contributed by atoms with Crippen molar-refractivity contribution < 1.29 is 23.1 Å². The Bertz CT molecular complexity index is 475. The monoisotopic (exact) mass is 257 g/mol. The maximum atomic E-state index is 13.3. The largest absolute Gasteiger partial charge is 0.469 e. The molecule has 4 nitrogen and oxygen atoms in total. The first-order chi connectivity index (χ1) is 8.45. The van der Waals surface area contributed by atoms with Gasteiger partial charge in [0.15, 0.2) is 0 Å². The first-order valence-electron chi connectivity index (χ1n) is 5.26. The van der Waals surface area contributed by atoms with Gasteiger partial charge in [0.2, 0.25) is 0 Å². The Morgan fingerprint density at radius 3 is 2.56 bits per heavy atom. The van der Waals surface area contributed by atoms with Gasteiger partial charge in [-0.3, -0.25) is 9.59 Å². The molecule has 1 N–H and O–H groups in total. The van der Waals surface area contributed by atoms with Gasteiger partial charge in [-0.05, 0) is 18.6 Å². The third-order valence-electron chi connectivity index (χ3n) is 2.34. The third kappa shape index (κ3) is 3.51. The van der Waals surface area contributed by atoms with E-state index in [0.29, 0.717) is 6.07 Å². The molecule has 0 unspecified atom stereocenters. The number of ether oxygens (including phenoxy) is 1. The molecule has 0 atom stereocenters. The summed E-state index contributed by atoms with van der Waals surface area (Å²) in [6.07, 6.45) is -0.00989. The number of amides is 1. The van der Waals surface area contributed by atoms with Crippen LogP contribution >= 0.6 is 0 Å². The van der Waals surface area contributed by atoms with Crippen LogP contribution in [0, 0.1) is 18.6 Å². The summed E-state index contributed by atoms with van der Waals surface area (Å²) < 4.78 is 30.7. The first-order valence-corrected chi connectivity index (χ1v) is 5.26. The van der Waals surface area contributed by atoms with Crippen molar-refractivity contribution >= 4 is 11.9 Å². The second-order valence-electron chi connectivity index (χ2n) is 3.66. The number of aryl methyl sites for hydroxylation is 1. The zero-order valence-corrected chi connectivity index (χ0v) is 10.0. The molecule has 1 aromatic carbocycles. The van der Waals surface area contributed by atoms with Gasteiger partial charge in [0.1, 0.15) is 11.6 Å². The van der Waals surface area contributed by atoms with Crippen LogP contribution in [-0.4, -0.2) is 25.5 Å². The highest BCUT2D eigenvalue weighted by Gasteiger charge is 2.14. The molecule has 1 rings (SSSR count). The van der Waals surface area contributed by atoms with E-state index in [1.54, 1.807) is 0 Å². The Kier molecular flexibility index (Phi) is 4.76. The van der Waals surface area contributed by atoms with Gasteiger partial charge < -0.3 is 10.1 Å². The van der Waals surface area contributed by atoms with E-state index in [1.165, 1.54) is 14.0 Å². The lowest BCUT2D eigenvalue weighted by atomic mass is 10.1. The molecule has 0 spiro atoms. The van der Waals surface area contributed by atoms with Crippen LogP contribution in [-0.2, 0) is 9.53 Å². The van der Waals surface area contributed by atoms with Gasteiger partial charge in [0.05, 0.1) is 19.1 Å². The number of benzene rings is 1. The highest BCUT2D eigenvalue weighted by atomic mass is 19.1. The quantitative estimate of drug-likeness (QED) is 0.833. The fraction of sp³-hybridized carbons (Fsp3) is 0.333. The van der Waals surface area contributed by atoms with Crippen LogP contribution in [0.4, 0.5) is 8.78 Å². The van der Waals surface area contributed by atoms with Crippen LogP contribution in [0.5, 0.6) is 0 Å². The lowest BCUT2D eigenvalue weighted by Gasteiger charge is -2.07. The van der Waals surface area contributed by atoms with Gasteiger partial charge in [-0.2, -0.15) is 0 Å². The van der Waals surface area contributed by atoms with Gasteiger partial charge in [-0.15, -0.1) is 0 Å². The van der Waals surface area contributed by atoms with Crippen LogP contribution < -0.4 is 5.32 Å².